The molecule has 2 aromatic rings. The summed E-state index contributed by atoms with van der Waals surface area (Å²) in [5.41, 5.74) is 10.2. The number of likely N-dealkylation sites (N-methyl/N-ethyl adjacent to an activating group) is 1. The quantitative estimate of drug-likeness (QED) is 0.706. The molecule has 2 N–H and O–H groups in total. The monoisotopic (exact) mass is 407 g/mol. The van der Waals surface area contributed by atoms with Crippen LogP contribution in [0, 0.1) is 18.3 Å². The Morgan fingerprint density at radius 3 is 2.57 bits per heavy atom. The number of para-hydroxylation sites is 1. The fourth-order valence-electron chi connectivity index (χ4n) is 4.07. The molecule has 0 atom stereocenters. The zero-order valence-corrected chi connectivity index (χ0v) is 18.6. The lowest BCUT2D eigenvalue weighted by Gasteiger charge is -2.32. The van der Waals surface area contributed by atoms with E-state index in [1.807, 2.05) is 31.2 Å². The topological polar surface area (TPSA) is 78.4 Å². The molecule has 30 heavy (non-hydrogen) atoms. The second-order valence-electron chi connectivity index (χ2n) is 8.37. The van der Waals surface area contributed by atoms with Crippen molar-refractivity contribution in [1.82, 2.24) is 14.8 Å². The summed E-state index contributed by atoms with van der Waals surface area (Å²) < 4.78 is 6.19. The molecule has 1 fully saturated rings. The maximum Gasteiger partial charge on any atom is 0.142 e. The van der Waals surface area contributed by atoms with Gasteiger partial charge in [0.15, 0.2) is 0 Å². The highest BCUT2D eigenvalue weighted by Crippen LogP contribution is 2.38. The molecule has 1 aromatic heterocycles. The van der Waals surface area contributed by atoms with E-state index in [-0.39, 0.29) is 11.7 Å². The van der Waals surface area contributed by atoms with Crippen molar-refractivity contribution in [3.63, 3.8) is 0 Å². The average Bonchev–Trinajstić information content (AvgIpc) is 2.73. The Kier molecular flexibility index (Phi) is 7.30. The van der Waals surface area contributed by atoms with Crippen LogP contribution in [0.1, 0.15) is 43.0 Å². The van der Waals surface area contributed by atoms with E-state index in [0.717, 1.165) is 67.3 Å². The van der Waals surface area contributed by atoms with Gasteiger partial charge < -0.3 is 20.3 Å². The molecule has 1 aliphatic heterocycles. The van der Waals surface area contributed by atoms with Crippen LogP contribution in [-0.2, 0) is 0 Å². The van der Waals surface area contributed by atoms with Crippen molar-refractivity contribution in [2.45, 2.75) is 33.1 Å². The highest BCUT2D eigenvalue weighted by molar-refractivity contribution is 5.82. The van der Waals surface area contributed by atoms with Crippen LogP contribution in [0.4, 0.5) is 5.82 Å². The summed E-state index contributed by atoms with van der Waals surface area (Å²) in [6.07, 6.45) is 0.970. The molecule has 160 valence electrons. The van der Waals surface area contributed by atoms with E-state index in [1.54, 1.807) is 0 Å². The summed E-state index contributed by atoms with van der Waals surface area (Å²) in [5, 5.41) is 9.76. The van der Waals surface area contributed by atoms with Gasteiger partial charge in [-0.05, 0) is 37.9 Å². The first-order chi connectivity index (χ1) is 14.4. The van der Waals surface area contributed by atoms with E-state index in [1.165, 1.54) is 0 Å². The van der Waals surface area contributed by atoms with Gasteiger partial charge >= 0.3 is 0 Å². The number of nitrogens with two attached hydrogens (primary N) is 1. The van der Waals surface area contributed by atoms with E-state index >= 15 is 0 Å². The van der Waals surface area contributed by atoms with Gasteiger partial charge in [0.1, 0.15) is 23.2 Å². The number of hydrogen-bond donors (Lipinski definition) is 1. The van der Waals surface area contributed by atoms with Crippen molar-refractivity contribution in [3.8, 4) is 22.9 Å². The zero-order chi connectivity index (χ0) is 21.7. The van der Waals surface area contributed by atoms with Crippen LogP contribution in [0.15, 0.2) is 24.3 Å². The van der Waals surface area contributed by atoms with E-state index in [2.05, 4.69) is 41.7 Å². The minimum Gasteiger partial charge on any atom is -0.493 e. The third kappa shape index (κ3) is 4.92. The number of ether oxygens (including phenoxy) is 1. The molecule has 0 radical (unpaired) electrons. The number of benzene rings is 1. The second kappa shape index (κ2) is 9.92. The molecule has 0 saturated carbocycles. The lowest BCUT2D eigenvalue weighted by Crippen LogP contribution is -2.44. The third-order valence-electron chi connectivity index (χ3n) is 5.79. The molecular formula is C24H33N5O. The molecular weight excluding hydrogens is 374 g/mol. The molecule has 0 amide bonds. The molecule has 0 spiro atoms. The van der Waals surface area contributed by atoms with Crippen LogP contribution >= 0.6 is 0 Å². The number of rotatable bonds is 7. The van der Waals surface area contributed by atoms with Gasteiger partial charge in [-0.2, -0.15) is 5.26 Å². The summed E-state index contributed by atoms with van der Waals surface area (Å²) in [6.45, 7) is 12.4. The van der Waals surface area contributed by atoms with Gasteiger partial charge in [-0.25, -0.2) is 4.98 Å². The van der Waals surface area contributed by atoms with E-state index in [9.17, 15) is 5.26 Å². The predicted molar refractivity (Wildman–Crippen MR) is 122 cm³/mol. The number of hydrogen-bond acceptors (Lipinski definition) is 6. The fraction of sp³-hybridized carbons (Fsp3) is 0.500. The summed E-state index contributed by atoms with van der Waals surface area (Å²) in [7, 11) is 2.17. The van der Waals surface area contributed by atoms with E-state index in [4.69, 9.17) is 10.5 Å². The zero-order valence-electron chi connectivity index (χ0n) is 18.6. The highest BCUT2D eigenvalue weighted by Gasteiger charge is 2.21. The van der Waals surface area contributed by atoms with E-state index < -0.39 is 0 Å². The van der Waals surface area contributed by atoms with Crippen molar-refractivity contribution in [2.24, 2.45) is 0 Å². The Balaban J connectivity index is 1.79. The number of aromatic nitrogens is 1. The van der Waals surface area contributed by atoms with Gasteiger partial charge in [-0.1, -0.05) is 32.0 Å². The summed E-state index contributed by atoms with van der Waals surface area (Å²) in [5.74, 6) is 1.29. The van der Waals surface area contributed by atoms with Crippen LogP contribution in [0.25, 0.3) is 11.1 Å². The molecule has 1 saturated heterocycles. The van der Waals surface area contributed by atoms with Gasteiger partial charge in [-0.15, -0.1) is 0 Å². The lowest BCUT2D eigenvalue weighted by molar-refractivity contribution is 0.145. The minimum atomic E-state index is 0.218. The molecule has 0 bridgehead atoms. The van der Waals surface area contributed by atoms with Crippen molar-refractivity contribution >= 4 is 5.82 Å². The number of nitriles is 1. The van der Waals surface area contributed by atoms with Crippen LogP contribution < -0.4 is 10.5 Å². The highest BCUT2D eigenvalue weighted by atomic mass is 16.5. The SMILES string of the molecule is Cc1c(C(C)C)nc(N)c(C#N)c1-c1ccccc1OCCCN1CCN(C)CC1. The number of nitrogen functional groups attached to an aromatic ring is 1. The number of pyridine rings is 1. The van der Waals surface area contributed by atoms with Gasteiger partial charge in [0, 0.05) is 49.5 Å². The molecule has 0 aliphatic carbocycles. The molecule has 6 nitrogen and oxygen atoms in total. The Morgan fingerprint density at radius 2 is 1.90 bits per heavy atom. The lowest BCUT2D eigenvalue weighted by atomic mass is 9.91. The van der Waals surface area contributed by atoms with Gasteiger partial charge in [0.05, 0.1) is 6.61 Å². The molecule has 1 aliphatic rings. The van der Waals surface area contributed by atoms with Crippen LogP contribution in [0.3, 0.4) is 0 Å². The first-order valence-corrected chi connectivity index (χ1v) is 10.8. The van der Waals surface area contributed by atoms with Gasteiger partial charge in [0.2, 0.25) is 0 Å². The largest absolute Gasteiger partial charge is 0.493 e. The first-order valence-electron chi connectivity index (χ1n) is 10.8. The van der Waals surface area contributed by atoms with Crippen LogP contribution in [0.2, 0.25) is 0 Å². The third-order valence-corrected chi connectivity index (χ3v) is 5.79. The first kappa shape index (κ1) is 22.1. The average molecular weight is 408 g/mol. The molecule has 3 rings (SSSR count). The minimum absolute atomic E-state index is 0.218. The summed E-state index contributed by atoms with van der Waals surface area (Å²) >= 11 is 0. The number of piperazine rings is 1. The van der Waals surface area contributed by atoms with Crippen molar-refractivity contribution in [3.05, 3.63) is 41.1 Å². The Hall–Kier alpha value is -2.62. The fourth-order valence-corrected chi connectivity index (χ4v) is 4.07. The van der Waals surface area contributed by atoms with Crippen molar-refractivity contribution in [1.29, 1.82) is 5.26 Å². The van der Waals surface area contributed by atoms with Crippen LogP contribution in [-0.4, -0.2) is 61.2 Å². The van der Waals surface area contributed by atoms with Crippen molar-refractivity contribution < 1.29 is 4.74 Å². The molecule has 1 aromatic carbocycles. The molecule has 0 unspecified atom stereocenters. The maximum absolute atomic E-state index is 9.76. The second-order valence-corrected chi connectivity index (χ2v) is 8.37. The molecule has 2 heterocycles. The summed E-state index contributed by atoms with van der Waals surface area (Å²) in [6, 6.07) is 10.2. The van der Waals surface area contributed by atoms with Gasteiger partial charge in [-0.3, -0.25) is 0 Å². The smallest absolute Gasteiger partial charge is 0.142 e. The van der Waals surface area contributed by atoms with Crippen molar-refractivity contribution in [2.75, 3.05) is 52.1 Å². The number of anilines is 1. The predicted octanol–water partition coefficient (Wildman–Crippen LogP) is 3.65. The molecule has 6 heteroatoms. The number of nitrogens with zero attached hydrogens (tertiary/aromatic N) is 4. The van der Waals surface area contributed by atoms with E-state index in [0.29, 0.717) is 12.2 Å². The van der Waals surface area contributed by atoms with Gasteiger partial charge in [0.25, 0.3) is 0 Å². The maximum atomic E-state index is 9.76. The van der Waals surface area contributed by atoms with Crippen LogP contribution in [0.5, 0.6) is 5.75 Å². The standard InChI is InChI=1S/C24H33N5O/c1-17(2)23-18(3)22(20(16-25)24(26)27-23)19-8-5-6-9-21(19)30-15-7-10-29-13-11-28(4)12-14-29/h5-6,8-9,17H,7,10-15H2,1-4H3,(H2,26,27). The Morgan fingerprint density at radius 1 is 1.20 bits per heavy atom. The Bertz CT molecular complexity index is 911. The summed E-state index contributed by atoms with van der Waals surface area (Å²) in [4.78, 5) is 9.35. The Labute approximate surface area is 180 Å². The normalized spacial score (nSPS) is 15.3.